The molecule has 1 aliphatic rings. The van der Waals surface area contributed by atoms with Gasteiger partial charge < -0.3 is 0 Å². The van der Waals surface area contributed by atoms with E-state index in [0.29, 0.717) is 28.4 Å². The molecule has 0 radical (unpaired) electrons. The number of carbonyl (C=O) groups excluding carboxylic acids is 2. The number of nitrogens with zero attached hydrogens (tertiary/aromatic N) is 2. The average Bonchev–Trinajstić information content (AvgIpc) is 3.00. The summed E-state index contributed by atoms with van der Waals surface area (Å²) < 4.78 is 1.75. The Bertz CT molecular complexity index is 1020. The van der Waals surface area contributed by atoms with Crippen molar-refractivity contribution in [1.29, 1.82) is 0 Å². The molecule has 2 aromatic carbocycles. The number of para-hydroxylation sites is 1. The molecule has 0 fully saturated rings. The van der Waals surface area contributed by atoms with Crippen LogP contribution in [0.25, 0.3) is 16.9 Å². The first kappa shape index (κ1) is 16.7. The lowest BCUT2D eigenvalue weighted by Crippen LogP contribution is -2.38. The van der Waals surface area contributed by atoms with Crippen molar-refractivity contribution in [2.24, 2.45) is 5.41 Å². The number of hydrogen-bond donors (Lipinski definition) is 0. The van der Waals surface area contributed by atoms with Crippen LogP contribution >= 0.6 is 11.6 Å². The van der Waals surface area contributed by atoms with Crippen molar-refractivity contribution >= 4 is 23.2 Å². The van der Waals surface area contributed by atoms with E-state index in [1.807, 2.05) is 42.5 Å². The molecule has 0 N–H and O–H groups in total. The van der Waals surface area contributed by atoms with E-state index in [4.69, 9.17) is 16.7 Å². The van der Waals surface area contributed by atoms with Crippen LogP contribution in [0.2, 0.25) is 5.02 Å². The second-order valence-electron chi connectivity index (χ2n) is 7.14. The molecule has 1 heterocycles. The first-order valence-corrected chi connectivity index (χ1v) is 8.79. The molecule has 0 atom stereocenters. The van der Waals surface area contributed by atoms with Crippen LogP contribution in [0.15, 0.2) is 54.6 Å². The van der Waals surface area contributed by atoms with E-state index >= 15 is 0 Å². The predicted octanol–water partition coefficient (Wildman–Crippen LogP) is 4.53. The summed E-state index contributed by atoms with van der Waals surface area (Å²) in [6.45, 7) is 3.58. The van der Waals surface area contributed by atoms with Gasteiger partial charge in [0, 0.05) is 22.4 Å². The van der Waals surface area contributed by atoms with Crippen molar-refractivity contribution in [3.05, 3.63) is 70.9 Å². The van der Waals surface area contributed by atoms with Gasteiger partial charge in [0.05, 0.1) is 22.6 Å². The van der Waals surface area contributed by atoms with Crippen molar-refractivity contribution in [3.8, 4) is 16.9 Å². The van der Waals surface area contributed by atoms with Crippen LogP contribution in [-0.4, -0.2) is 21.3 Å². The number of ketones is 2. The molecule has 1 aromatic heterocycles. The van der Waals surface area contributed by atoms with Crippen LogP contribution in [0, 0.1) is 5.41 Å². The lowest BCUT2D eigenvalue weighted by molar-refractivity contribution is -0.123. The van der Waals surface area contributed by atoms with Crippen LogP contribution < -0.4 is 0 Å². The van der Waals surface area contributed by atoms with Gasteiger partial charge in [-0.1, -0.05) is 55.8 Å². The smallest absolute Gasteiger partial charge is 0.233 e. The Balaban J connectivity index is 2.02. The number of rotatable bonds is 2. The number of hydrogen-bond acceptors (Lipinski definition) is 3. The van der Waals surface area contributed by atoms with Gasteiger partial charge in [0.2, 0.25) is 11.6 Å². The SMILES string of the molecule is CC1(C)Cc2nn(-c3ccccc3)c(-c3ccc(Cl)cc3)c2C(=O)C1=O. The molecule has 0 saturated heterocycles. The molecule has 1 aliphatic carbocycles. The number of carbonyl (C=O) groups is 2. The van der Waals surface area contributed by atoms with E-state index in [2.05, 4.69) is 0 Å². The summed E-state index contributed by atoms with van der Waals surface area (Å²) in [5.74, 6) is -0.837. The van der Waals surface area contributed by atoms with Crippen LogP contribution in [0.4, 0.5) is 0 Å². The Hall–Kier alpha value is -2.72. The largest absolute Gasteiger partial charge is 0.290 e. The molecule has 4 rings (SSSR count). The maximum absolute atomic E-state index is 12.9. The molecule has 0 amide bonds. The van der Waals surface area contributed by atoms with E-state index in [-0.39, 0.29) is 5.78 Å². The Labute approximate surface area is 156 Å². The van der Waals surface area contributed by atoms with Gasteiger partial charge in [-0.05, 0) is 24.3 Å². The lowest BCUT2D eigenvalue weighted by atomic mass is 9.74. The van der Waals surface area contributed by atoms with Crippen molar-refractivity contribution in [2.75, 3.05) is 0 Å². The van der Waals surface area contributed by atoms with Crippen LogP contribution in [0.5, 0.6) is 0 Å². The highest BCUT2D eigenvalue weighted by molar-refractivity contribution is 6.47. The summed E-state index contributed by atoms with van der Waals surface area (Å²) in [5, 5.41) is 5.32. The van der Waals surface area contributed by atoms with Crippen LogP contribution in [0.3, 0.4) is 0 Å². The summed E-state index contributed by atoms with van der Waals surface area (Å²) in [6, 6.07) is 16.8. The van der Waals surface area contributed by atoms with Crippen molar-refractivity contribution < 1.29 is 9.59 Å². The number of aromatic nitrogens is 2. The molecular formula is C21H17ClN2O2. The molecule has 4 nitrogen and oxygen atoms in total. The van der Waals surface area contributed by atoms with Gasteiger partial charge in [-0.2, -0.15) is 5.10 Å². The summed E-state index contributed by atoms with van der Waals surface area (Å²) in [4.78, 5) is 25.5. The maximum atomic E-state index is 12.9. The molecule has 0 aliphatic heterocycles. The first-order valence-electron chi connectivity index (χ1n) is 8.41. The Kier molecular flexibility index (Phi) is 3.81. The van der Waals surface area contributed by atoms with Gasteiger partial charge >= 0.3 is 0 Å². The van der Waals surface area contributed by atoms with Gasteiger partial charge in [0.15, 0.2) is 0 Å². The molecule has 0 bridgehead atoms. The quantitative estimate of drug-likeness (QED) is 0.628. The zero-order valence-electron chi connectivity index (χ0n) is 14.5. The van der Waals surface area contributed by atoms with Gasteiger partial charge in [-0.3, -0.25) is 9.59 Å². The normalized spacial score (nSPS) is 15.8. The van der Waals surface area contributed by atoms with Gasteiger partial charge in [0.25, 0.3) is 0 Å². The van der Waals surface area contributed by atoms with Crippen LogP contribution in [0.1, 0.15) is 29.9 Å². The Morgan fingerprint density at radius 2 is 1.65 bits per heavy atom. The monoisotopic (exact) mass is 364 g/mol. The number of fused-ring (bicyclic) bond motifs is 1. The van der Waals surface area contributed by atoms with Crippen molar-refractivity contribution in [1.82, 2.24) is 9.78 Å². The minimum absolute atomic E-state index is 0.368. The summed E-state index contributed by atoms with van der Waals surface area (Å²) >= 11 is 6.02. The van der Waals surface area contributed by atoms with Gasteiger partial charge in [-0.15, -0.1) is 0 Å². The third-order valence-electron chi connectivity index (χ3n) is 4.73. The molecule has 0 unspecified atom stereocenters. The fourth-order valence-electron chi connectivity index (χ4n) is 3.38. The molecule has 5 heteroatoms. The first-order chi connectivity index (χ1) is 12.4. The molecule has 26 heavy (non-hydrogen) atoms. The molecule has 130 valence electrons. The second kappa shape index (κ2) is 5.92. The fraction of sp³-hybridized carbons (Fsp3) is 0.190. The fourth-order valence-corrected chi connectivity index (χ4v) is 3.50. The second-order valence-corrected chi connectivity index (χ2v) is 7.58. The lowest BCUT2D eigenvalue weighted by Gasteiger charge is -2.25. The summed E-state index contributed by atoms with van der Waals surface area (Å²) in [6.07, 6.45) is 0.438. The van der Waals surface area contributed by atoms with Crippen molar-refractivity contribution in [2.45, 2.75) is 20.3 Å². The van der Waals surface area contributed by atoms with E-state index < -0.39 is 11.2 Å². The molecular weight excluding hydrogens is 348 g/mol. The van der Waals surface area contributed by atoms with Crippen LogP contribution in [-0.2, 0) is 11.2 Å². The minimum atomic E-state index is -0.739. The predicted molar refractivity (Wildman–Crippen MR) is 101 cm³/mol. The topological polar surface area (TPSA) is 52.0 Å². The average molecular weight is 365 g/mol. The highest BCUT2D eigenvalue weighted by Crippen LogP contribution is 2.38. The number of Topliss-reactive ketones (excluding diaryl/α,β-unsaturated/α-hetero) is 2. The standard InChI is InChI=1S/C21H17ClN2O2/c1-21(2)12-16-17(19(25)20(21)26)18(13-8-10-14(22)11-9-13)24(23-16)15-6-4-3-5-7-15/h3-11H,12H2,1-2H3. The number of benzene rings is 2. The zero-order valence-corrected chi connectivity index (χ0v) is 15.2. The third kappa shape index (κ3) is 2.58. The van der Waals surface area contributed by atoms with Gasteiger partial charge in [0.1, 0.15) is 0 Å². The van der Waals surface area contributed by atoms with E-state index in [9.17, 15) is 9.59 Å². The molecule has 0 spiro atoms. The summed E-state index contributed by atoms with van der Waals surface area (Å²) in [5.41, 5.74) is 2.60. The molecule has 3 aromatic rings. The third-order valence-corrected chi connectivity index (χ3v) is 4.99. The molecule has 0 saturated carbocycles. The zero-order chi connectivity index (χ0) is 18.5. The highest BCUT2D eigenvalue weighted by Gasteiger charge is 2.43. The highest BCUT2D eigenvalue weighted by atomic mass is 35.5. The maximum Gasteiger partial charge on any atom is 0.233 e. The van der Waals surface area contributed by atoms with E-state index in [0.717, 1.165) is 11.3 Å². The Morgan fingerprint density at radius 1 is 1.00 bits per heavy atom. The summed E-state index contributed by atoms with van der Waals surface area (Å²) in [7, 11) is 0. The number of halogens is 1. The van der Waals surface area contributed by atoms with E-state index in [1.165, 1.54) is 0 Å². The van der Waals surface area contributed by atoms with Crippen molar-refractivity contribution in [3.63, 3.8) is 0 Å². The Morgan fingerprint density at radius 3 is 2.31 bits per heavy atom. The van der Waals surface area contributed by atoms with Gasteiger partial charge in [-0.25, -0.2) is 4.68 Å². The van der Waals surface area contributed by atoms with E-state index in [1.54, 1.807) is 30.7 Å². The minimum Gasteiger partial charge on any atom is -0.290 e.